The van der Waals surface area contributed by atoms with Crippen molar-refractivity contribution in [2.45, 2.75) is 78.8 Å². The number of Topliss-reactive ketones (excluding diaryl/α,β-unsaturated/α-hetero) is 1. The Hall–Kier alpha value is -0.345. The van der Waals surface area contributed by atoms with Crippen LogP contribution in [-0.2, 0) is 14.1 Å². The van der Waals surface area contributed by atoms with Gasteiger partial charge in [0, 0.05) is 11.8 Å². The van der Waals surface area contributed by atoms with Gasteiger partial charge in [0.15, 0.2) is 0 Å². The SMILES string of the molecule is CC(C)(C)C(=O)CCB1O[C@@H]2C[C@@H]3C[C@@H](C3(C)C)C2(C)O1. The van der Waals surface area contributed by atoms with Crippen LogP contribution in [0.4, 0.5) is 0 Å². The van der Waals surface area contributed by atoms with Crippen molar-refractivity contribution in [1.82, 2.24) is 0 Å². The van der Waals surface area contributed by atoms with E-state index in [1.165, 1.54) is 6.42 Å². The van der Waals surface area contributed by atoms with Crippen molar-refractivity contribution >= 4 is 12.9 Å². The molecule has 4 rings (SSSR count). The molecule has 4 aliphatic rings. The highest BCUT2D eigenvalue weighted by atomic mass is 16.7. The van der Waals surface area contributed by atoms with Crippen LogP contribution in [0.5, 0.6) is 0 Å². The van der Waals surface area contributed by atoms with Crippen molar-refractivity contribution < 1.29 is 14.1 Å². The minimum atomic E-state index is -0.265. The third-order valence-corrected chi connectivity index (χ3v) is 6.45. The maximum absolute atomic E-state index is 12.1. The predicted octanol–water partition coefficient (Wildman–Crippen LogP) is 3.72. The average molecular weight is 292 g/mol. The summed E-state index contributed by atoms with van der Waals surface area (Å²) >= 11 is 0. The zero-order valence-electron chi connectivity index (χ0n) is 14.4. The van der Waals surface area contributed by atoms with Gasteiger partial charge in [0.2, 0.25) is 0 Å². The normalized spacial score (nSPS) is 40.7. The lowest BCUT2D eigenvalue weighted by Crippen LogP contribution is -2.65. The Morgan fingerprint density at radius 1 is 1.24 bits per heavy atom. The highest BCUT2D eigenvalue weighted by Gasteiger charge is 2.67. The molecule has 0 aromatic carbocycles. The first-order valence-corrected chi connectivity index (χ1v) is 8.41. The molecule has 3 saturated carbocycles. The highest BCUT2D eigenvalue weighted by Crippen LogP contribution is 2.65. The first-order chi connectivity index (χ1) is 9.55. The lowest BCUT2D eigenvalue weighted by atomic mass is 9.43. The third kappa shape index (κ3) is 2.30. The van der Waals surface area contributed by atoms with Gasteiger partial charge < -0.3 is 9.31 Å². The van der Waals surface area contributed by atoms with Gasteiger partial charge in [-0.05, 0) is 43.3 Å². The van der Waals surface area contributed by atoms with Gasteiger partial charge in [-0.25, -0.2) is 0 Å². The fourth-order valence-electron chi connectivity index (χ4n) is 4.70. The first-order valence-electron chi connectivity index (χ1n) is 8.41. The van der Waals surface area contributed by atoms with Crippen molar-refractivity contribution in [3.8, 4) is 0 Å². The molecule has 0 radical (unpaired) electrons. The van der Waals surface area contributed by atoms with Crippen molar-refractivity contribution in [1.29, 1.82) is 0 Å². The molecule has 2 bridgehead atoms. The van der Waals surface area contributed by atoms with Gasteiger partial charge in [0.1, 0.15) is 5.78 Å². The smallest absolute Gasteiger partial charge is 0.405 e. The van der Waals surface area contributed by atoms with Crippen LogP contribution in [0.3, 0.4) is 0 Å². The van der Waals surface area contributed by atoms with E-state index in [4.69, 9.17) is 9.31 Å². The van der Waals surface area contributed by atoms with Gasteiger partial charge in [-0.1, -0.05) is 34.6 Å². The number of carbonyl (C=O) groups excluding carboxylic acids is 1. The number of hydrogen-bond donors (Lipinski definition) is 0. The molecule has 1 saturated heterocycles. The zero-order chi connectivity index (χ0) is 15.6. The summed E-state index contributed by atoms with van der Waals surface area (Å²) < 4.78 is 12.5. The van der Waals surface area contributed by atoms with Crippen molar-refractivity contribution in [3.63, 3.8) is 0 Å². The van der Waals surface area contributed by atoms with E-state index < -0.39 is 0 Å². The standard InChI is InChI=1S/C17H29BO3/c1-15(2,3)13(19)7-8-18-20-14-10-11-9-12(16(11,4)5)17(14,6)21-18/h11-12,14H,7-10H2,1-6H3/t11-,12-,14+,17?/m0/s1. The summed E-state index contributed by atoms with van der Waals surface area (Å²) in [5, 5.41) is 0. The molecular weight excluding hydrogens is 263 g/mol. The fraction of sp³-hybridized carbons (Fsp3) is 0.941. The molecule has 1 unspecified atom stereocenters. The number of carbonyl (C=O) groups is 1. The van der Waals surface area contributed by atoms with Crippen LogP contribution in [0, 0.1) is 22.7 Å². The van der Waals surface area contributed by atoms with Crippen molar-refractivity contribution in [3.05, 3.63) is 0 Å². The lowest BCUT2D eigenvalue weighted by molar-refractivity contribution is -0.199. The summed E-state index contributed by atoms with van der Waals surface area (Å²) in [4.78, 5) is 12.1. The number of hydrogen-bond acceptors (Lipinski definition) is 3. The Morgan fingerprint density at radius 2 is 1.90 bits per heavy atom. The minimum absolute atomic E-state index is 0.145. The van der Waals surface area contributed by atoms with E-state index in [1.54, 1.807) is 0 Å². The Balaban J connectivity index is 1.62. The molecule has 3 aliphatic carbocycles. The molecule has 0 aromatic rings. The molecule has 21 heavy (non-hydrogen) atoms. The van der Waals surface area contributed by atoms with Crippen LogP contribution in [-0.4, -0.2) is 24.6 Å². The van der Waals surface area contributed by atoms with Gasteiger partial charge in [-0.15, -0.1) is 0 Å². The molecule has 0 spiro atoms. The van der Waals surface area contributed by atoms with Crippen LogP contribution in [0.1, 0.15) is 60.8 Å². The molecule has 4 atom stereocenters. The van der Waals surface area contributed by atoms with Crippen LogP contribution < -0.4 is 0 Å². The molecular formula is C17H29BO3. The van der Waals surface area contributed by atoms with E-state index in [2.05, 4.69) is 20.8 Å². The minimum Gasteiger partial charge on any atom is -0.405 e. The Kier molecular flexibility index (Phi) is 3.39. The topological polar surface area (TPSA) is 35.5 Å². The quantitative estimate of drug-likeness (QED) is 0.744. The summed E-state index contributed by atoms with van der Waals surface area (Å²) in [6, 6.07) is 0. The second kappa shape index (κ2) is 4.58. The first kappa shape index (κ1) is 15.5. The lowest BCUT2D eigenvalue weighted by Gasteiger charge is -2.64. The van der Waals surface area contributed by atoms with E-state index >= 15 is 0 Å². The third-order valence-electron chi connectivity index (χ3n) is 6.45. The fourth-order valence-corrected chi connectivity index (χ4v) is 4.70. The van der Waals surface area contributed by atoms with Crippen LogP contribution in [0.25, 0.3) is 0 Å². The van der Waals surface area contributed by atoms with Crippen molar-refractivity contribution in [2.24, 2.45) is 22.7 Å². The highest BCUT2D eigenvalue weighted by molar-refractivity contribution is 6.45. The summed E-state index contributed by atoms with van der Waals surface area (Å²) in [5.41, 5.74) is -0.0305. The van der Waals surface area contributed by atoms with Gasteiger partial charge in [-0.3, -0.25) is 4.79 Å². The van der Waals surface area contributed by atoms with Crippen LogP contribution in [0.2, 0.25) is 6.32 Å². The van der Waals surface area contributed by atoms with E-state index in [9.17, 15) is 4.79 Å². The molecule has 118 valence electrons. The van der Waals surface area contributed by atoms with Gasteiger partial charge in [0.25, 0.3) is 0 Å². The Bertz CT molecular complexity index is 453. The summed E-state index contributed by atoms with van der Waals surface area (Å²) in [6.07, 6.45) is 3.86. The average Bonchev–Trinajstić information content (AvgIpc) is 2.70. The molecule has 4 fully saturated rings. The molecule has 0 amide bonds. The number of rotatable bonds is 3. The van der Waals surface area contributed by atoms with Gasteiger partial charge in [0.05, 0.1) is 11.7 Å². The predicted molar refractivity (Wildman–Crippen MR) is 84.0 cm³/mol. The molecule has 0 aromatic heterocycles. The number of ketones is 1. The van der Waals surface area contributed by atoms with Gasteiger partial charge >= 0.3 is 7.12 Å². The zero-order valence-corrected chi connectivity index (χ0v) is 14.4. The second-order valence-corrected chi connectivity index (χ2v) is 9.11. The Labute approximate surface area is 129 Å². The van der Waals surface area contributed by atoms with Crippen LogP contribution >= 0.6 is 0 Å². The molecule has 0 N–H and O–H groups in total. The second-order valence-electron chi connectivity index (χ2n) is 9.11. The van der Waals surface area contributed by atoms with E-state index in [-0.39, 0.29) is 24.2 Å². The van der Waals surface area contributed by atoms with Crippen LogP contribution in [0.15, 0.2) is 0 Å². The molecule has 1 aliphatic heterocycles. The van der Waals surface area contributed by atoms with E-state index in [0.29, 0.717) is 29.9 Å². The van der Waals surface area contributed by atoms with Gasteiger partial charge in [-0.2, -0.15) is 0 Å². The Morgan fingerprint density at radius 3 is 2.48 bits per heavy atom. The summed E-state index contributed by atoms with van der Waals surface area (Å²) in [7, 11) is -0.193. The van der Waals surface area contributed by atoms with Crippen molar-refractivity contribution in [2.75, 3.05) is 0 Å². The van der Waals surface area contributed by atoms with E-state index in [1.807, 2.05) is 20.8 Å². The summed E-state index contributed by atoms with van der Waals surface area (Å²) in [5.74, 6) is 1.66. The monoisotopic (exact) mass is 292 g/mol. The molecule has 1 heterocycles. The molecule has 4 heteroatoms. The maximum Gasteiger partial charge on any atom is 0.458 e. The maximum atomic E-state index is 12.1. The largest absolute Gasteiger partial charge is 0.458 e. The van der Waals surface area contributed by atoms with E-state index in [0.717, 1.165) is 12.3 Å². The summed E-state index contributed by atoms with van der Waals surface area (Å²) in [6.45, 7) is 12.9. The molecule has 3 nitrogen and oxygen atoms in total.